The van der Waals surface area contributed by atoms with E-state index in [1.807, 2.05) is 18.2 Å². The Labute approximate surface area is 103 Å². The van der Waals surface area contributed by atoms with Gasteiger partial charge in [-0.2, -0.15) is 0 Å². The fourth-order valence-electron chi connectivity index (χ4n) is 1.41. The van der Waals surface area contributed by atoms with Crippen molar-refractivity contribution in [2.45, 2.75) is 26.5 Å². The molecule has 1 rings (SSSR count). The van der Waals surface area contributed by atoms with Crippen LogP contribution in [0.3, 0.4) is 0 Å². The normalized spacial score (nSPS) is 12.2. The van der Waals surface area contributed by atoms with Gasteiger partial charge in [-0.05, 0) is 19.5 Å². The van der Waals surface area contributed by atoms with Crippen LogP contribution in [0.2, 0.25) is 0 Å². The molecule has 96 valence electrons. The van der Waals surface area contributed by atoms with E-state index in [2.05, 4.69) is 12.2 Å². The van der Waals surface area contributed by atoms with Crippen LogP contribution in [-0.2, 0) is 6.54 Å². The second-order valence-electron chi connectivity index (χ2n) is 3.91. The summed E-state index contributed by atoms with van der Waals surface area (Å²) >= 11 is 0. The first-order chi connectivity index (χ1) is 8.17. The number of aliphatic hydroxyl groups is 1. The molecule has 4 heteroatoms. The molecule has 1 aromatic rings. The van der Waals surface area contributed by atoms with E-state index in [9.17, 15) is 5.11 Å². The lowest BCUT2D eigenvalue weighted by Crippen LogP contribution is -2.16. The zero-order valence-corrected chi connectivity index (χ0v) is 10.7. The van der Waals surface area contributed by atoms with E-state index >= 15 is 0 Å². The van der Waals surface area contributed by atoms with Crippen molar-refractivity contribution in [2.75, 3.05) is 20.3 Å². The second-order valence-corrected chi connectivity index (χ2v) is 3.91. The molecular formula is C13H21NO3. The summed E-state index contributed by atoms with van der Waals surface area (Å²) in [6, 6.07) is 5.72. The second kappa shape index (κ2) is 7.14. The number of hydrogen-bond donors (Lipinski definition) is 2. The van der Waals surface area contributed by atoms with E-state index in [4.69, 9.17) is 9.47 Å². The molecule has 0 fully saturated rings. The van der Waals surface area contributed by atoms with E-state index in [0.717, 1.165) is 30.2 Å². The average Bonchev–Trinajstić information content (AvgIpc) is 2.34. The maximum atomic E-state index is 9.24. The molecule has 0 saturated heterocycles. The maximum absolute atomic E-state index is 9.24. The van der Waals surface area contributed by atoms with Crippen LogP contribution in [0.1, 0.15) is 19.4 Å². The van der Waals surface area contributed by atoms with Crippen molar-refractivity contribution in [2.24, 2.45) is 0 Å². The highest BCUT2D eigenvalue weighted by Gasteiger charge is 2.07. The van der Waals surface area contributed by atoms with Crippen LogP contribution in [0.5, 0.6) is 11.5 Å². The van der Waals surface area contributed by atoms with Crippen LogP contribution in [0.25, 0.3) is 0 Å². The maximum Gasteiger partial charge on any atom is 0.127 e. The van der Waals surface area contributed by atoms with Gasteiger partial charge < -0.3 is 19.9 Å². The third kappa shape index (κ3) is 4.63. The molecule has 0 aliphatic rings. The standard InChI is InChI=1S/C13H21NO3/c1-4-14-8-11-5-6-12(16-3)7-13(11)17-9-10(2)15/h5-7,10,14-15H,4,8-9H2,1-3H3. The number of rotatable bonds is 7. The quantitative estimate of drug-likeness (QED) is 0.758. The lowest BCUT2D eigenvalue weighted by atomic mass is 10.2. The molecule has 0 aliphatic heterocycles. The molecule has 2 N–H and O–H groups in total. The number of hydrogen-bond acceptors (Lipinski definition) is 4. The zero-order chi connectivity index (χ0) is 12.7. The predicted octanol–water partition coefficient (Wildman–Crippen LogP) is 1.56. The van der Waals surface area contributed by atoms with Crippen molar-refractivity contribution in [3.8, 4) is 11.5 Å². The molecule has 0 radical (unpaired) electrons. The highest BCUT2D eigenvalue weighted by Crippen LogP contribution is 2.25. The van der Waals surface area contributed by atoms with Crippen molar-refractivity contribution in [1.82, 2.24) is 5.32 Å². The number of aliphatic hydroxyl groups excluding tert-OH is 1. The van der Waals surface area contributed by atoms with Crippen LogP contribution in [0.4, 0.5) is 0 Å². The van der Waals surface area contributed by atoms with Gasteiger partial charge in [0.1, 0.15) is 18.1 Å². The highest BCUT2D eigenvalue weighted by molar-refractivity contribution is 5.40. The molecule has 4 nitrogen and oxygen atoms in total. The topological polar surface area (TPSA) is 50.7 Å². The predicted molar refractivity (Wildman–Crippen MR) is 67.6 cm³/mol. The van der Waals surface area contributed by atoms with Crippen molar-refractivity contribution in [1.29, 1.82) is 0 Å². The smallest absolute Gasteiger partial charge is 0.127 e. The van der Waals surface area contributed by atoms with Gasteiger partial charge in [0.2, 0.25) is 0 Å². The number of benzene rings is 1. The first-order valence-corrected chi connectivity index (χ1v) is 5.85. The van der Waals surface area contributed by atoms with Gasteiger partial charge in [0.05, 0.1) is 13.2 Å². The summed E-state index contributed by atoms with van der Waals surface area (Å²) in [4.78, 5) is 0. The Bertz CT molecular complexity index is 339. The average molecular weight is 239 g/mol. The first-order valence-electron chi connectivity index (χ1n) is 5.85. The molecule has 0 bridgehead atoms. The Balaban J connectivity index is 2.78. The van der Waals surface area contributed by atoms with E-state index in [0.29, 0.717) is 0 Å². The Kier molecular flexibility index (Phi) is 5.80. The first kappa shape index (κ1) is 13.8. The van der Waals surface area contributed by atoms with Gasteiger partial charge in [0.25, 0.3) is 0 Å². The van der Waals surface area contributed by atoms with Crippen molar-refractivity contribution in [3.05, 3.63) is 23.8 Å². The summed E-state index contributed by atoms with van der Waals surface area (Å²) in [5.74, 6) is 1.51. The summed E-state index contributed by atoms with van der Waals surface area (Å²) in [6.07, 6.45) is -0.479. The third-order valence-electron chi connectivity index (χ3n) is 2.32. The Morgan fingerprint density at radius 3 is 2.76 bits per heavy atom. The van der Waals surface area contributed by atoms with Crippen molar-refractivity contribution in [3.63, 3.8) is 0 Å². The minimum atomic E-state index is -0.479. The number of ether oxygens (including phenoxy) is 2. The SMILES string of the molecule is CCNCc1ccc(OC)cc1OCC(C)O. The van der Waals surface area contributed by atoms with Gasteiger partial charge in [0.15, 0.2) is 0 Å². The number of methoxy groups -OCH3 is 1. The van der Waals surface area contributed by atoms with Gasteiger partial charge in [-0.25, -0.2) is 0 Å². The molecule has 1 aromatic carbocycles. The van der Waals surface area contributed by atoms with Gasteiger partial charge >= 0.3 is 0 Å². The molecule has 1 unspecified atom stereocenters. The molecule has 0 aromatic heterocycles. The highest BCUT2D eigenvalue weighted by atomic mass is 16.5. The van der Waals surface area contributed by atoms with E-state index < -0.39 is 6.10 Å². The summed E-state index contributed by atoms with van der Waals surface area (Å²) in [5.41, 5.74) is 1.06. The summed E-state index contributed by atoms with van der Waals surface area (Å²) in [5, 5.41) is 12.5. The Morgan fingerprint density at radius 1 is 1.41 bits per heavy atom. The van der Waals surface area contributed by atoms with E-state index in [-0.39, 0.29) is 6.61 Å². The van der Waals surface area contributed by atoms with Gasteiger partial charge in [0, 0.05) is 18.2 Å². The fourth-order valence-corrected chi connectivity index (χ4v) is 1.41. The molecular weight excluding hydrogens is 218 g/mol. The lowest BCUT2D eigenvalue weighted by Gasteiger charge is -2.14. The Hall–Kier alpha value is -1.26. The molecule has 0 amide bonds. The van der Waals surface area contributed by atoms with E-state index in [1.165, 1.54) is 0 Å². The van der Waals surface area contributed by atoms with Crippen molar-refractivity contribution < 1.29 is 14.6 Å². The summed E-state index contributed by atoms with van der Waals surface area (Å²) < 4.78 is 10.7. The summed E-state index contributed by atoms with van der Waals surface area (Å²) in [6.45, 7) is 5.69. The molecule has 0 saturated carbocycles. The van der Waals surface area contributed by atoms with Crippen molar-refractivity contribution >= 4 is 0 Å². The molecule has 17 heavy (non-hydrogen) atoms. The van der Waals surface area contributed by atoms with Crippen LogP contribution in [0, 0.1) is 0 Å². The molecule has 0 spiro atoms. The molecule has 1 atom stereocenters. The third-order valence-corrected chi connectivity index (χ3v) is 2.32. The monoisotopic (exact) mass is 239 g/mol. The largest absolute Gasteiger partial charge is 0.497 e. The van der Waals surface area contributed by atoms with Gasteiger partial charge in [-0.3, -0.25) is 0 Å². The lowest BCUT2D eigenvalue weighted by molar-refractivity contribution is 0.122. The minimum absolute atomic E-state index is 0.284. The Morgan fingerprint density at radius 2 is 2.18 bits per heavy atom. The number of nitrogens with one attached hydrogen (secondary N) is 1. The van der Waals surface area contributed by atoms with E-state index in [1.54, 1.807) is 14.0 Å². The zero-order valence-electron chi connectivity index (χ0n) is 10.7. The fraction of sp³-hybridized carbons (Fsp3) is 0.538. The van der Waals surface area contributed by atoms with Crippen LogP contribution in [-0.4, -0.2) is 31.5 Å². The van der Waals surface area contributed by atoms with Crippen LogP contribution in [0.15, 0.2) is 18.2 Å². The summed E-state index contributed by atoms with van der Waals surface area (Å²) in [7, 11) is 1.62. The van der Waals surface area contributed by atoms with Crippen LogP contribution >= 0.6 is 0 Å². The van der Waals surface area contributed by atoms with Crippen LogP contribution < -0.4 is 14.8 Å². The van der Waals surface area contributed by atoms with Gasteiger partial charge in [-0.15, -0.1) is 0 Å². The van der Waals surface area contributed by atoms with Gasteiger partial charge in [-0.1, -0.05) is 13.0 Å². The minimum Gasteiger partial charge on any atom is -0.497 e. The molecule has 0 aliphatic carbocycles. The molecule has 0 heterocycles.